The molecule has 1 fully saturated rings. The lowest BCUT2D eigenvalue weighted by atomic mass is 9.78. The van der Waals surface area contributed by atoms with Crippen LogP contribution in [0.5, 0.6) is 0 Å². The molecule has 0 radical (unpaired) electrons. The van der Waals surface area contributed by atoms with Gasteiger partial charge in [-0.15, -0.1) is 0 Å². The summed E-state index contributed by atoms with van der Waals surface area (Å²) < 4.78 is 0. The van der Waals surface area contributed by atoms with Crippen molar-refractivity contribution in [2.75, 3.05) is 4.90 Å². The first-order valence-electron chi connectivity index (χ1n) is 7.50. The van der Waals surface area contributed by atoms with Crippen molar-refractivity contribution in [3.63, 3.8) is 0 Å². The fraction of sp³-hybridized carbons (Fsp3) is 0.444. The van der Waals surface area contributed by atoms with Crippen LogP contribution < -0.4 is 4.90 Å². The van der Waals surface area contributed by atoms with Gasteiger partial charge in [0.1, 0.15) is 0 Å². The zero-order chi connectivity index (χ0) is 15.3. The second kappa shape index (κ2) is 4.83. The molecule has 1 saturated heterocycles. The number of aryl methyl sites for hydroxylation is 2. The van der Waals surface area contributed by atoms with Gasteiger partial charge in [-0.2, -0.15) is 0 Å². The number of nitrogens with zero attached hydrogens (tertiary/aromatic N) is 1. The van der Waals surface area contributed by atoms with Gasteiger partial charge in [-0.1, -0.05) is 23.3 Å². The number of carbonyl (C=O) groups excluding carboxylic acids is 2. The van der Waals surface area contributed by atoms with Gasteiger partial charge in [0.05, 0.1) is 17.5 Å². The van der Waals surface area contributed by atoms with Crippen LogP contribution in [0.25, 0.3) is 0 Å². The maximum Gasteiger partial charge on any atom is 0.238 e. The quantitative estimate of drug-likeness (QED) is 0.584. The molecular weight excluding hydrogens is 262 g/mol. The van der Waals surface area contributed by atoms with Crippen molar-refractivity contribution in [1.29, 1.82) is 0 Å². The zero-order valence-electron chi connectivity index (χ0n) is 13.1. The highest BCUT2D eigenvalue weighted by molar-refractivity contribution is 6.22. The Bertz CT molecular complexity index is 640. The van der Waals surface area contributed by atoms with E-state index >= 15 is 0 Å². The average Bonchev–Trinajstić information content (AvgIpc) is 2.66. The van der Waals surface area contributed by atoms with Gasteiger partial charge in [0.25, 0.3) is 0 Å². The molecule has 2 atom stereocenters. The molecule has 1 aliphatic carbocycles. The van der Waals surface area contributed by atoms with Gasteiger partial charge in [-0.25, -0.2) is 4.90 Å². The number of amides is 2. The van der Waals surface area contributed by atoms with Gasteiger partial charge in [0, 0.05) is 0 Å². The molecule has 1 aliphatic heterocycles. The lowest BCUT2D eigenvalue weighted by molar-refractivity contribution is -0.122. The van der Waals surface area contributed by atoms with Crippen LogP contribution in [0.1, 0.15) is 37.8 Å². The second-order valence-electron chi connectivity index (χ2n) is 6.48. The minimum atomic E-state index is -0.166. The molecule has 110 valence electrons. The van der Waals surface area contributed by atoms with Crippen molar-refractivity contribution < 1.29 is 9.59 Å². The first-order chi connectivity index (χ1) is 9.90. The largest absolute Gasteiger partial charge is 0.274 e. The van der Waals surface area contributed by atoms with Gasteiger partial charge < -0.3 is 0 Å². The molecule has 3 heteroatoms. The van der Waals surface area contributed by atoms with Crippen LogP contribution in [-0.4, -0.2) is 11.8 Å². The summed E-state index contributed by atoms with van der Waals surface area (Å²) in [6.45, 7) is 8.08. The van der Waals surface area contributed by atoms with Crippen LogP contribution in [0.4, 0.5) is 5.69 Å². The maximum atomic E-state index is 12.7. The van der Waals surface area contributed by atoms with E-state index in [-0.39, 0.29) is 23.7 Å². The number of anilines is 1. The number of carbonyl (C=O) groups is 2. The molecule has 2 aliphatic rings. The van der Waals surface area contributed by atoms with Crippen LogP contribution in [-0.2, 0) is 9.59 Å². The molecule has 21 heavy (non-hydrogen) atoms. The highest BCUT2D eigenvalue weighted by Gasteiger charge is 2.49. The normalized spacial score (nSPS) is 25.6. The highest BCUT2D eigenvalue weighted by atomic mass is 16.2. The van der Waals surface area contributed by atoms with E-state index in [4.69, 9.17) is 0 Å². The Morgan fingerprint density at radius 3 is 1.95 bits per heavy atom. The molecule has 0 spiro atoms. The molecular formula is C18H21NO2. The summed E-state index contributed by atoms with van der Waals surface area (Å²) in [5.41, 5.74) is 5.33. The smallest absolute Gasteiger partial charge is 0.238 e. The summed E-state index contributed by atoms with van der Waals surface area (Å²) >= 11 is 0. The van der Waals surface area contributed by atoms with Crippen molar-refractivity contribution in [3.8, 4) is 0 Å². The Hall–Kier alpha value is -1.90. The Balaban J connectivity index is 2.02. The van der Waals surface area contributed by atoms with E-state index in [0.717, 1.165) is 29.7 Å². The SMILES string of the molecule is CC1=C(C)CC2C(=O)N(c3cc(C)ccc3C)C(=O)C2C1. The van der Waals surface area contributed by atoms with Crippen LogP contribution in [0, 0.1) is 25.7 Å². The number of rotatable bonds is 1. The predicted molar refractivity (Wildman–Crippen MR) is 83.0 cm³/mol. The topological polar surface area (TPSA) is 37.4 Å². The molecule has 2 amide bonds. The van der Waals surface area contributed by atoms with Crippen molar-refractivity contribution in [3.05, 3.63) is 40.5 Å². The van der Waals surface area contributed by atoms with Gasteiger partial charge in [-0.05, 0) is 57.7 Å². The third-order valence-electron chi connectivity index (χ3n) is 4.95. The van der Waals surface area contributed by atoms with Crippen LogP contribution in [0.2, 0.25) is 0 Å². The number of allylic oxidation sites excluding steroid dienone is 2. The second-order valence-corrected chi connectivity index (χ2v) is 6.48. The minimum Gasteiger partial charge on any atom is -0.274 e. The fourth-order valence-corrected chi connectivity index (χ4v) is 3.45. The van der Waals surface area contributed by atoms with E-state index in [1.54, 1.807) is 0 Å². The highest BCUT2D eigenvalue weighted by Crippen LogP contribution is 2.42. The molecule has 0 aromatic heterocycles. The molecule has 1 aromatic carbocycles. The summed E-state index contributed by atoms with van der Waals surface area (Å²) in [6.07, 6.45) is 1.45. The first kappa shape index (κ1) is 14.1. The molecule has 3 rings (SSSR count). The lowest BCUT2D eigenvalue weighted by Crippen LogP contribution is -2.31. The molecule has 1 heterocycles. The Labute approximate surface area is 125 Å². The molecule has 0 saturated carbocycles. The summed E-state index contributed by atoms with van der Waals surface area (Å²) in [5, 5.41) is 0. The molecule has 0 bridgehead atoms. The number of imide groups is 1. The van der Waals surface area contributed by atoms with E-state index in [0.29, 0.717) is 0 Å². The number of fused-ring (bicyclic) bond motifs is 1. The predicted octanol–water partition coefficient (Wildman–Crippen LogP) is 3.54. The van der Waals surface area contributed by atoms with E-state index in [1.165, 1.54) is 16.0 Å². The third kappa shape index (κ3) is 2.11. The standard InChI is InChI=1S/C18H21NO2/c1-10-5-6-11(2)16(7-10)19-17(20)14-8-12(3)13(4)9-15(14)18(19)21/h5-7,14-15H,8-9H2,1-4H3. The zero-order valence-corrected chi connectivity index (χ0v) is 13.1. The van der Waals surface area contributed by atoms with E-state index in [1.807, 2.05) is 32.0 Å². The van der Waals surface area contributed by atoms with E-state index in [2.05, 4.69) is 13.8 Å². The van der Waals surface area contributed by atoms with Gasteiger partial charge in [0.2, 0.25) is 11.8 Å². The van der Waals surface area contributed by atoms with Crippen molar-refractivity contribution >= 4 is 17.5 Å². The summed E-state index contributed by atoms with van der Waals surface area (Å²) in [6, 6.07) is 5.92. The summed E-state index contributed by atoms with van der Waals surface area (Å²) in [5.74, 6) is -0.377. The maximum absolute atomic E-state index is 12.7. The first-order valence-corrected chi connectivity index (χ1v) is 7.50. The van der Waals surface area contributed by atoms with Crippen molar-refractivity contribution in [2.45, 2.75) is 40.5 Å². The molecule has 3 nitrogen and oxygen atoms in total. The lowest BCUT2D eigenvalue weighted by Gasteiger charge is -2.23. The van der Waals surface area contributed by atoms with Crippen molar-refractivity contribution in [1.82, 2.24) is 0 Å². The van der Waals surface area contributed by atoms with Gasteiger partial charge in [-0.3, -0.25) is 9.59 Å². The summed E-state index contributed by atoms with van der Waals surface area (Å²) in [7, 11) is 0. The molecule has 0 N–H and O–H groups in total. The molecule has 2 unspecified atom stereocenters. The van der Waals surface area contributed by atoms with Crippen LogP contribution in [0.3, 0.4) is 0 Å². The monoisotopic (exact) mass is 283 g/mol. The number of hydrogen-bond donors (Lipinski definition) is 0. The summed E-state index contributed by atoms with van der Waals surface area (Å²) in [4.78, 5) is 26.9. The average molecular weight is 283 g/mol. The number of benzene rings is 1. The fourth-order valence-electron chi connectivity index (χ4n) is 3.45. The third-order valence-corrected chi connectivity index (χ3v) is 4.95. The van der Waals surface area contributed by atoms with Crippen molar-refractivity contribution in [2.24, 2.45) is 11.8 Å². The minimum absolute atomic E-state index is 0.0226. The number of hydrogen-bond acceptors (Lipinski definition) is 2. The van der Waals surface area contributed by atoms with E-state index < -0.39 is 0 Å². The van der Waals surface area contributed by atoms with Gasteiger partial charge in [0.15, 0.2) is 0 Å². The Morgan fingerprint density at radius 2 is 1.43 bits per heavy atom. The van der Waals surface area contributed by atoms with Gasteiger partial charge >= 0.3 is 0 Å². The van der Waals surface area contributed by atoms with Crippen LogP contribution >= 0.6 is 0 Å². The Kier molecular flexibility index (Phi) is 3.23. The van der Waals surface area contributed by atoms with Crippen LogP contribution in [0.15, 0.2) is 29.3 Å². The molecule has 1 aromatic rings. The Morgan fingerprint density at radius 1 is 0.905 bits per heavy atom. The van der Waals surface area contributed by atoms with E-state index in [9.17, 15) is 9.59 Å².